The van der Waals surface area contributed by atoms with Gasteiger partial charge in [0.25, 0.3) is 0 Å². The van der Waals surface area contributed by atoms with Crippen LogP contribution in [0.5, 0.6) is 11.5 Å². The van der Waals surface area contributed by atoms with Crippen LogP contribution in [0.25, 0.3) is 43.9 Å². The summed E-state index contributed by atoms with van der Waals surface area (Å²) in [4.78, 5) is 2.10. The van der Waals surface area contributed by atoms with E-state index in [0.717, 1.165) is 55.3 Å². The third-order valence-corrected chi connectivity index (χ3v) is 7.72. The van der Waals surface area contributed by atoms with Crippen LogP contribution in [-0.2, 0) is 0 Å². The van der Waals surface area contributed by atoms with E-state index in [-0.39, 0.29) is 12.2 Å². The van der Waals surface area contributed by atoms with Crippen molar-refractivity contribution in [3.63, 3.8) is 0 Å². The molecule has 6 aromatic rings. The zero-order valence-electron chi connectivity index (χ0n) is 23.0. The van der Waals surface area contributed by atoms with Crippen LogP contribution in [0.2, 0.25) is 0 Å². The highest BCUT2D eigenvalue weighted by molar-refractivity contribution is 6.03. The molecule has 0 radical (unpaired) electrons. The molecule has 2 N–H and O–H groups in total. The highest BCUT2D eigenvalue weighted by Gasteiger charge is 2.37. The summed E-state index contributed by atoms with van der Waals surface area (Å²) >= 11 is 0. The number of para-hydroxylation sites is 2. The van der Waals surface area contributed by atoms with E-state index in [0.29, 0.717) is 16.9 Å². The molecule has 0 fully saturated rings. The number of nitrogens with zero attached hydrogens (tertiary/aromatic N) is 1. The first-order valence-electron chi connectivity index (χ1n) is 13.6. The molecule has 6 nitrogen and oxygen atoms in total. The standard InChI is InChI=1S/C34H31N3O3/c1-20-28-29(34(35-2)36-20)30(37(3)4)32(38-23-18-17-21-11-5-6-12-22(21)19-23)33-31(28)39-26-15-9-7-13-24(26)25-14-8-10-16-27(25)40-33/h5-20,34-36H,1-4H3. The minimum atomic E-state index is -0.0942. The molecular weight excluding hydrogens is 498 g/mol. The second kappa shape index (κ2) is 9.59. The quantitative estimate of drug-likeness (QED) is 0.239. The van der Waals surface area contributed by atoms with E-state index < -0.39 is 0 Å². The molecule has 1 aromatic heterocycles. The molecule has 2 unspecified atom stereocenters. The van der Waals surface area contributed by atoms with Gasteiger partial charge in [-0.3, -0.25) is 5.32 Å². The van der Waals surface area contributed by atoms with Crippen LogP contribution in [0.1, 0.15) is 30.3 Å². The van der Waals surface area contributed by atoms with E-state index in [1.54, 1.807) is 0 Å². The largest absolute Gasteiger partial charge is 0.452 e. The Morgan fingerprint density at radius 2 is 1.38 bits per heavy atom. The van der Waals surface area contributed by atoms with Crippen LogP contribution in [0.3, 0.4) is 0 Å². The van der Waals surface area contributed by atoms with Gasteiger partial charge in [-0.15, -0.1) is 0 Å². The van der Waals surface area contributed by atoms with Crippen LogP contribution in [-0.4, -0.2) is 21.1 Å². The average Bonchev–Trinajstić information content (AvgIpc) is 3.29. The number of ether oxygens (including phenoxy) is 1. The maximum atomic E-state index is 6.84. The first-order chi connectivity index (χ1) is 19.5. The van der Waals surface area contributed by atoms with Crippen molar-refractivity contribution in [1.29, 1.82) is 0 Å². The Morgan fingerprint density at radius 3 is 2.05 bits per heavy atom. The Morgan fingerprint density at radius 1 is 0.750 bits per heavy atom. The fraction of sp³-hybridized carbons (Fsp3) is 0.176. The zero-order chi connectivity index (χ0) is 27.4. The first-order valence-corrected chi connectivity index (χ1v) is 13.6. The Hall–Kier alpha value is -4.52. The van der Waals surface area contributed by atoms with Crippen molar-refractivity contribution in [3.05, 3.63) is 102 Å². The van der Waals surface area contributed by atoms with E-state index in [9.17, 15) is 0 Å². The third kappa shape index (κ3) is 3.87. The minimum Gasteiger partial charge on any atom is -0.452 e. The summed E-state index contributed by atoms with van der Waals surface area (Å²) in [5.41, 5.74) is 5.82. The smallest absolute Gasteiger partial charge is 0.214 e. The topological polar surface area (TPSA) is 62.8 Å². The molecule has 0 saturated carbocycles. The van der Waals surface area contributed by atoms with E-state index in [1.807, 2.05) is 75.7 Å². The van der Waals surface area contributed by atoms with Crippen molar-refractivity contribution in [3.8, 4) is 11.5 Å². The van der Waals surface area contributed by atoms with Gasteiger partial charge in [0.2, 0.25) is 5.58 Å². The number of anilines is 1. The van der Waals surface area contributed by atoms with Crippen LogP contribution in [0.4, 0.5) is 5.69 Å². The number of hydrogen-bond donors (Lipinski definition) is 2. The normalized spacial score (nSPS) is 16.5. The molecule has 1 aliphatic heterocycles. The van der Waals surface area contributed by atoms with E-state index >= 15 is 0 Å². The molecule has 40 heavy (non-hydrogen) atoms. The highest BCUT2D eigenvalue weighted by Crippen LogP contribution is 2.50. The maximum Gasteiger partial charge on any atom is 0.214 e. The van der Waals surface area contributed by atoms with Gasteiger partial charge in [0.1, 0.15) is 16.9 Å². The lowest BCUT2D eigenvalue weighted by Gasteiger charge is -2.25. The summed E-state index contributed by atoms with van der Waals surface area (Å²) in [6.45, 7) is 2.15. The Bertz CT molecular complexity index is 1970. The van der Waals surface area contributed by atoms with Crippen molar-refractivity contribution >= 4 is 49.6 Å². The van der Waals surface area contributed by atoms with Gasteiger partial charge in [-0.25, -0.2) is 0 Å². The molecule has 2 atom stereocenters. The summed E-state index contributed by atoms with van der Waals surface area (Å²) in [6, 6.07) is 30.6. The molecule has 6 heteroatoms. The van der Waals surface area contributed by atoms with Crippen molar-refractivity contribution < 1.29 is 13.6 Å². The predicted molar refractivity (Wildman–Crippen MR) is 163 cm³/mol. The summed E-state index contributed by atoms with van der Waals surface area (Å²) in [6.07, 6.45) is -0.0942. The minimum absolute atomic E-state index is 0.0139. The number of rotatable bonds is 4. The van der Waals surface area contributed by atoms with Crippen LogP contribution in [0, 0.1) is 0 Å². The van der Waals surface area contributed by atoms with Gasteiger partial charge in [-0.1, -0.05) is 66.7 Å². The van der Waals surface area contributed by atoms with Gasteiger partial charge in [-0.05, 0) is 49.0 Å². The lowest BCUT2D eigenvalue weighted by atomic mass is 9.99. The van der Waals surface area contributed by atoms with Gasteiger partial charge in [-0.2, -0.15) is 0 Å². The van der Waals surface area contributed by atoms with Gasteiger partial charge in [0, 0.05) is 42.0 Å². The van der Waals surface area contributed by atoms with Crippen LogP contribution < -0.4 is 20.3 Å². The number of nitrogens with one attached hydrogen (secondary N) is 2. The fourth-order valence-corrected chi connectivity index (χ4v) is 5.93. The monoisotopic (exact) mass is 529 g/mol. The number of fused-ring (bicyclic) bond motifs is 7. The Balaban J connectivity index is 1.66. The van der Waals surface area contributed by atoms with Crippen molar-refractivity contribution in [2.75, 3.05) is 26.0 Å². The lowest BCUT2D eigenvalue weighted by Crippen LogP contribution is -2.28. The molecule has 0 spiro atoms. The molecule has 0 saturated heterocycles. The second-order valence-electron chi connectivity index (χ2n) is 10.5. The molecule has 0 bridgehead atoms. The molecule has 200 valence electrons. The second-order valence-corrected chi connectivity index (χ2v) is 10.5. The van der Waals surface area contributed by atoms with Gasteiger partial charge >= 0.3 is 0 Å². The molecule has 7 rings (SSSR count). The van der Waals surface area contributed by atoms with E-state index in [1.165, 1.54) is 0 Å². The average molecular weight is 530 g/mol. The molecule has 5 aromatic carbocycles. The first kappa shape index (κ1) is 24.5. The van der Waals surface area contributed by atoms with Crippen LogP contribution >= 0.6 is 0 Å². The highest BCUT2D eigenvalue weighted by atomic mass is 16.5. The lowest BCUT2D eigenvalue weighted by molar-refractivity contribution is 0.463. The van der Waals surface area contributed by atoms with E-state index in [2.05, 4.69) is 58.9 Å². The summed E-state index contributed by atoms with van der Waals surface area (Å²) in [5, 5.41) is 11.3. The van der Waals surface area contributed by atoms with Gasteiger partial charge < -0.3 is 23.8 Å². The predicted octanol–water partition coefficient (Wildman–Crippen LogP) is 8.35. The Kier molecular flexibility index (Phi) is 5.88. The summed E-state index contributed by atoms with van der Waals surface area (Å²) in [7, 11) is 6.04. The van der Waals surface area contributed by atoms with Gasteiger partial charge in [0.15, 0.2) is 11.3 Å². The zero-order valence-corrected chi connectivity index (χ0v) is 23.0. The number of hydrogen-bond acceptors (Lipinski definition) is 6. The summed E-state index contributed by atoms with van der Waals surface area (Å²) < 4.78 is 20.5. The third-order valence-electron chi connectivity index (χ3n) is 7.72. The van der Waals surface area contributed by atoms with E-state index in [4.69, 9.17) is 13.6 Å². The maximum absolute atomic E-state index is 6.84. The molecule has 0 aliphatic carbocycles. The van der Waals surface area contributed by atoms with Crippen LogP contribution in [0.15, 0.2) is 99.8 Å². The number of benzene rings is 5. The molecule has 1 aliphatic rings. The van der Waals surface area contributed by atoms with Gasteiger partial charge in [0.05, 0.1) is 11.9 Å². The van der Waals surface area contributed by atoms with Crippen molar-refractivity contribution in [2.45, 2.75) is 19.1 Å². The fourth-order valence-electron chi connectivity index (χ4n) is 5.93. The SMILES string of the molecule is CNC1NC(C)c2c1c(N(C)C)c(Oc1ccc3ccccc3c1)c1oc3ccccc3c3ccccc3oc21. The molecule has 0 amide bonds. The van der Waals surface area contributed by atoms with Crippen molar-refractivity contribution in [1.82, 2.24) is 10.6 Å². The Labute approximate surface area is 232 Å². The summed E-state index contributed by atoms with van der Waals surface area (Å²) in [5.74, 6) is 1.34. The molecular formula is C34H31N3O3. The van der Waals surface area contributed by atoms with Crippen molar-refractivity contribution in [2.24, 2.45) is 0 Å². The molecule has 2 heterocycles.